The minimum absolute atomic E-state index is 0.471. The summed E-state index contributed by atoms with van der Waals surface area (Å²) >= 11 is 3.38. The van der Waals surface area contributed by atoms with Crippen LogP contribution in [0.2, 0.25) is 0 Å². The quantitative estimate of drug-likeness (QED) is 0.806. The van der Waals surface area contributed by atoms with Crippen LogP contribution in [0.15, 0.2) is 40.9 Å². The van der Waals surface area contributed by atoms with Gasteiger partial charge in [0.15, 0.2) is 0 Å². The molecule has 15 heavy (non-hydrogen) atoms. The van der Waals surface area contributed by atoms with Gasteiger partial charge in [0, 0.05) is 17.6 Å². The molecule has 2 N–H and O–H groups in total. The lowest BCUT2D eigenvalue weighted by Crippen LogP contribution is -2.22. The molecular weight excluding hydrogens is 254 g/mol. The highest BCUT2D eigenvalue weighted by Crippen LogP contribution is 2.17. The SMILES string of the molecule is C=C(C)CNCC(O)c1cccc(Br)c1. The first-order chi connectivity index (χ1) is 7.09. The van der Waals surface area contributed by atoms with Crippen molar-refractivity contribution in [3.63, 3.8) is 0 Å². The Morgan fingerprint density at radius 3 is 2.93 bits per heavy atom. The molecule has 1 unspecified atom stereocenters. The molecule has 0 spiro atoms. The first-order valence-electron chi connectivity index (χ1n) is 4.88. The van der Waals surface area contributed by atoms with Gasteiger partial charge in [0.05, 0.1) is 6.10 Å². The summed E-state index contributed by atoms with van der Waals surface area (Å²) in [6.07, 6.45) is -0.471. The maximum absolute atomic E-state index is 9.84. The molecule has 1 atom stereocenters. The molecule has 0 aliphatic carbocycles. The largest absolute Gasteiger partial charge is 0.387 e. The zero-order valence-electron chi connectivity index (χ0n) is 8.83. The molecule has 0 radical (unpaired) electrons. The Hall–Kier alpha value is -0.640. The molecule has 82 valence electrons. The number of benzene rings is 1. The van der Waals surface area contributed by atoms with Crippen LogP contribution in [0.25, 0.3) is 0 Å². The van der Waals surface area contributed by atoms with Crippen LogP contribution in [-0.2, 0) is 0 Å². The first kappa shape index (κ1) is 12.4. The zero-order valence-corrected chi connectivity index (χ0v) is 10.4. The van der Waals surface area contributed by atoms with E-state index in [1.165, 1.54) is 0 Å². The Balaban J connectivity index is 2.46. The molecule has 0 saturated heterocycles. The van der Waals surface area contributed by atoms with Gasteiger partial charge in [-0.25, -0.2) is 0 Å². The fourth-order valence-corrected chi connectivity index (χ4v) is 1.67. The van der Waals surface area contributed by atoms with E-state index >= 15 is 0 Å². The van der Waals surface area contributed by atoms with Gasteiger partial charge >= 0.3 is 0 Å². The predicted octanol–water partition coefficient (Wildman–Crippen LogP) is 2.65. The van der Waals surface area contributed by atoms with Gasteiger partial charge in [-0.1, -0.05) is 40.2 Å². The lowest BCUT2D eigenvalue weighted by atomic mass is 10.1. The second-order valence-electron chi connectivity index (χ2n) is 3.66. The second kappa shape index (κ2) is 6.05. The number of rotatable bonds is 5. The van der Waals surface area contributed by atoms with E-state index in [9.17, 15) is 5.11 Å². The topological polar surface area (TPSA) is 32.3 Å². The van der Waals surface area contributed by atoms with Gasteiger partial charge in [-0.15, -0.1) is 0 Å². The van der Waals surface area contributed by atoms with Crippen molar-refractivity contribution in [1.82, 2.24) is 5.32 Å². The maximum Gasteiger partial charge on any atom is 0.0914 e. The van der Waals surface area contributed by atoms with Gasteiger partial charge in [-0.3, -0.25) is 0 Å². The van der Waals surface area contributed by atoms with Gasteiger partial charge in [-0.2, -0.15) is 0 Å². The summed E-state index contributed by atoms with van der Waals surface area (Å²) in [6.45, 7) is 7.03. The van der Waals surface area contributed by atoms with E-state index in [0.717, 1.165) is 22.2 Å². The summed E-state index contributed by atoms with van der Waals surface area (Å²) in [5, 5.41) is 13.0. The smallest absolute Gasteiger partial charge is 0.0914 e. The summed E-state index contributed by atoms with van der Waals surface area (Å²) in [7, 11) is 0. The van der Waals surface area contributed by atoms with Crippen molar-refractivity contribution >= 4 is 15.9 Å². The van der Waals surface area contributed by atoms with Gasteiger partial charge in [-0.05, 0) is 24.6 Å². The standard InChI is InChI=1S/C12H16BrNO/c1-9(2)7-14-8-12(15)10-4-3-5-11(13)6-10/h3-6,12,14-15H,1,7-8H2,2H3. The molecule has 1 rings (SSSR count). The summed E-state index contributed by atoms with van der Waals surface area (Å²) in [4.78, 5) is 0. The molecule has 0 amide bonds. The highest BCUT2D eigenvalue weighted by Gasteiger charge is 2.06. The Morgan fingerprint density at radius 1 is 1.60 bits per heavy atom. The molecule has 0 aliphatic rings. The summed E-state index contributed by atoms with van der Waals surface area (Å²) in [5.74, 6) is 0. The third-order valence-electron chi connectivity index (χ3n) is 2.00. The van der Waals surface area contributed by atoms with E-state index in [4.69, 9.17) is 0 Å². The van der Waals surface area contributed by atoms with Crippen LogP contribution < -0.4 is 5.32 Å². The highest BCUT2D eigenvalue weighted by atomic mass is 79.9. The number of hydrogen-bond acceptors (Lipinski definition) is 2. The van der Waals surface area contributed by atoms with Crippen molar-refractivity contribution in [3.05, 3.63) is 46.5 Å². The first-order valence-corrected chi connectivity index (χ1v) is 5.67. The van der Waals surface area contributed by atoms with Crippen molar-refractivity contribution in [2.45, 2.75) is 13.0 Å². The molecule has 2 nitrogen and oxygen atoms in total. The molecule has 0 bridgehead atoms. The van der Waals surface area contributed by atoms with E-state index in [-0.39, 0.29) is 0 Å². The average molecular weight is 270 g/mol. The van der Waals surface area contributed by atoms with E-state index in [1.54, 1.807) is 0 Å². The van der Waals surface area contributed by atoms with Crippen molar-refractivity contribution in [3.8, 4) is 0 Å². The van der Waals surface area contributed by atoms with E-state index < -0.39 is 6.10 Å². The fraction of sp³-hybridized carbons (Fsp3) is 0.333. The lowest BCUT2D eigenvalue weighted by molar-refractivity contribution is 0.176. The van der Waals surface area contributed by atoms with E-state index in [1.807, 2.05) is 31.2 Å². The van der Waals surface area contributed by atoms with Gasteiger partial charge in [0.2, 0.25) is 0 Å². The fourth-order valence-electron chi connectivity index (χ4n) is 1.25. The van der Waals surface area contributed by atoms with Crippen LogP contribution in [0.4, 0.5) is 0 Å². The number of halogens is 1. The third-order valence-corrected chi connectivity index (χ3v) is 2.49. The van der Waals surface area contributed by atoms with Crippen molar-refractivity contribution in [1.29, 1.82) is 0 Å². The third kappa shape index (κ3) is 4.60. The van der Waals surface area contributed by atoms with Crippen LogP contribution in [0.1, 0.15) is 18.6 Å². The molecule has 0 fully saturated rings. The zero-order chi connectivity index (χ0) is 11.3. The molecule has 3 heteroatoms. The van der Waals surface area contributed by atoms with Gasteiger partial charge in [0.1, 0.15) is 0 Å². The van der Waals surface area contributed by atoms with Gasteiger partial charge < -0.3 is 10.4 Å². The van der Waals surface area contributed by atoms with Crippen LogP contribution in [0.3, 0.4) is 0 Å². The monoisotopic (exact) mass is 269 g/mol. The highest BCUT2D eigenvalue weighted by molar-refractivity contribution is 9.10. The molecule has 0 aliphatic heterocycles. The van der Waals surface area contributed by atoms with Crippen molar-refractivity contribution in [2.75, 3.05) is 13.1 Å². The number of hydrogen-bond donors (Lipinski definition) is 2. The van der Waals surface area contributed by atoms with E-state index in [0.29, 0.717) is 6.54 Å². The predicted molar refractivity (Wildman–Crippen MR) is 66.8 cm³/mol. The molecule has 0 aromatic heterocycles. The molecule has 0 saturated carbocycles. The number of aliphatic hydroxyl groups excluding tert-OH is 1. The average Bonchev–Trinajstić information content (AvgIpc) is 2.17. The Labute approximate surface area is 99.1 Å². The van der Waals surface area contributed by atoms with Gasteiger partial charge in [0.25, 0.3) is 0 Å². The molecule has 1 aromatic carbocycles. The van der Waals surface area contributed by atoms with Crippen molar-refractivity contribution in [2.24, 2.45) is 0 Å². The summed E-state index contributed by atoms with van der Waals surface area (Å²) < 4.78 is 0.985. The minimum Gasteiger partial charge on any atom is -0.387 e. The number of aliphatic hydroxyl groups is 1. The number of nitrogens with one attached hydrogen (secondary N) is 1. The lowest BCUT2D eigenvalue weighted by Gasteiger charge is -2.12. The van der Waals surface area contributed by atoms with Crippen LogP contribution in [0, 0.1) is 0 Å². The molecular formula is C12H16BrNO. The Morgan fingerprint density at radius 2 is 2.33 bits per heavy atom. The minimum atomic E-state index is -0.471. The summed E-state index contributed by atoms with van der Waals surface area (Å²) in [5.41, 5.74) is 1.98. The van der Waals surface area contributed by atoms with Crippen molar-refractivity contribution < 1.29 is 5.11 Å². The maximum atomic E-state index is 9.84. The Bertz CT molecular complexity index is 338. The normalized spacial score (nSPS) is 12.5. The van der Waals surface area contributed by atoms with Crippen LogP contribution in [-0.4, -0.2) is 18.2 Å². The van der Waals surface area contributed by atoms with E-state index in [2.05, 4.69) is 27.8 Å². The van der Waals surface area contributed by atoms with Crippen LogP contribution >= 0.6 is 15.9 Å². The summed E-state index contributed by atoms with van der Waals surface area (Å²) in [6, 6.07) is 7.70. The Kier molecular flexibility index (Phi) is 5.02. The molecule has 0 heterocycles. The molecule has 1 aromatic rings. The van der Waals surface area contributed by atoms with Crippen LogP contribution in [0.5, 0.6) is 0 Å². The second-order valence-corrected chi connectivity index (χ2v) is 4.57.